The fourth-order valence-corrected chi connectivity index (χ4v) is 3.07. The number of benzene rings is 1. The minimum absolute atomic E-state index is 0.00687. The SMILES string of the molecule is O=C1CCc2cc(NC(=O)[C@H]3CC=CC[C@H]3C(=O)O)ccc2N1. The van der Waals surface area contributed by atoms with Crippen LogP contribution in [-0.4, -0.2) is 22.9 Å². The van der Waals surface area contributed by atoms with Crippen LogP contribution in [0.2, 0.25) is 0 Å². The summed E-state index contributed by atoms with van der Waals surface area (Å²) in [6.45, 7) is 0. The van der Waals surface area contributed by atoms with E-state index in [1.807, 2.05) is 18.2 Å². The summed E-state index contributed by atoms with van der Waals surface area (Å²) in [7, 11) is 0. The highest BCUT2D eigenvalue weighted by molar-refractivity contribution is 5.97. The summed E-state index contributed by atoms with van der Waals surface area (Å²) >= 11 is 0. The van der Waals surface area contributed by atoms with Gasteiger partial charge in [0.25, 0.3) is 0 Å². The van der Waals surface area contributed by atoms with Crippen LogP contribution in [0.25, 0.3) is 0 Å². The predicted molar refractivity (Wildman–Crippen MR) is 85.0 cm³/mol. The molecule has 6 nitrogen and oxygen atoms in total. The maximum atomic E-state index is 12.4. The van der Waals surface area contributed by atoms with Gasteiger partial charge in [-0.15, -0.1) is 0 Å². The van der Waals surface area contributed by atoms with Gasteiger partial charge in [0.15, 0.2) is 0 Å². The van der Waals surface area contributed by atoms with Gasteiger partial charge in [-0.3, -0.25) is 14.4 Å². The van der Waals surface area contributed by atoms with Crippen LogP contribution in [0.5, 0.6) is 0 Å². The molecule has 2 atom stereocenters. The van der Waals surface area contributed by atoms with E-state index in [9.17, 15) is 19.5 Å². The van der Waals surface area contributed by atoms with Crippen molar-refractivity contribution in [3.05, 3.63) is 35.9 Å². The number of aryl methyl sites for hydroxylation is 1. The highest BCUT2D eigenvalue weighted by Crippen LogP contribution is 2.29. The first kappa shape index (κ1) is 15.3. The summed E-state index contributed by atoms with van der Waals surface area (Å²) in [4.78, 5) is 35.1. The maximum Gasteiger partial charge on any atom is 0.307 e. The Kier molecular flexibility index (Phi) is 4.14. The van der Waals surface area contributed by atoms with Gasteiger partial charge in [0.1, 0.15) is 0 Å². The standard InChI is InChI=1S/C17H18N2O4/c20-15-8-5-10-9-11(6-7-14(10)19-15)18-16(21)12-3-1-2-4-13(12)17(22)23/h1-2,6-7,9,12-13H,3-5,8H2,(H,18,21)(H,19,20)(H,22,23)/t12-,13+/m0/s1. The van der Waals surface area contributed by atoms with E-state index in [1.54, 1.807) is 12.1 Å². The predicted octanol–water partition coefficient (Wildman–Crippen LogP) is 2.18. The number of carboxylic acid groups (broad SMARTS) is 1. The van der Waals surface area contributed by atoms with Crippen LogP contribution < -0.4 is 10.6 Å². The number of carbonyl (C=O) groups excluding carboxylic acids is 2. The molecule has 0 fully saturated rings. The zero-order valence-electron chi connectivity index (χ0n) is 12.5. The van der Waals surface area contributed by atoms with Crippen molar-refractivity contribution >= 4 is 29.2 Å². The molecule has 0 saturated heterocycles. The molecule has 1 heterocycles. The van der Waals surface area contributed by atoms with Crippen molar-refractivity contribution in [1.82, 2.24) is 0 Å². The molecule has 23 heavy (non-hydrogen) atoms. The minimum Gasteiger partial charge on any atom is -0.481 e. The van der Waals surface area contributed by atoms with Gasteiger partial charge in [-0.05, 0) is 43.0 Å². The van der Waals surface area contributed by atoms with Gasteiger partial charge in [-0.25, -0.2) is 0 Å². The van der Waals surface area contributed by atoms with Crippen molar-refractivity contribution in [3.63, 3.8) is 0 Å². The molecule has 1 aromatic rings. The highest BCUT2D eigenvalue weighted by atomic mass is 16.4. The number of anilines is 2. The quantitative estimate of drug-likeness (QED) is 0.745. The van der Waals surface area contributed by atoms with Crippen LogP contribution in [0.4, 0.5) is 11.4 Å². The molecule has 0 bridgehead atoms. The second-order valence-corrected chi connectivity index (χ2v) is 5.90. The Bertz CT molecular complexity index is 696. The number of nitrogens with one attached hydrogen (secondary N) is 2. The molecule has 6 heteroatoms. The molecule has 0 unspecified atom stereocenters. The Labute approximate surface area is 133 Å². The van der Waals surface area contributed by atoms with Gasteiger partial charge < -0.3 is 15.7 Å². The van der Waals surface area contributed by atoms with Crippen molar-refractivity contribution in [3.8, 4) is 0 Å². The number of aliphatic carboxylic acids is 1. The largest absolute Gasteiger partial charge is 0.481 e. The molecule has 2 aliphatic rings. The van der Waals surface area contributed by atoms with Crippen LogP contribution in [-0.2, 0) is 20.8 Å². The molecule has 1 aliphatic carbocycles. The molecular formula is C17H18N2O4. The summed E-state index contributed by atoms with van der Waals surface area (Å²) in [6.07, 6.45) is 5.54. The lowest BCUT2D eigenvalue weighted by molar-refractivity contribution is -0.146. The number of rotatable bonds is 3. The van der Waals surface area contributed by atoms with Crippen LogP contribution in [0.15, 0.2) is 30.4 Å². The summed E-state index contributed by atoms with van der Waals surface area (Å²) in [6, 6.07) is 5.31. The van der Waals surface area contributed by atoms with E-state index >= 15 is 0 Å². The van der Waals surface area contributed by atoms with Crippen LogP contribution in [0, 0.1) is 11.8 Å². The van der Waals surface area contributed by atoms with Crippen molar-refractivity contribution in [2.45, 2.75) is 25.7 Å². The number of hydrogen-bond donors (Lipinski definition) is 3. The molecule has 0 spiro atoms. The van der Waals surface area contributed by atoms with Crippen molar-refractivity contribution in [2.75, 3.05) is 10.6 Å². The average molecular weight is 314 g/mol. The maximum absolute atomic E-state index is 12.4. The summed E-state index contributed by atoms with van der Waals surface area (Å²) in [5, 5.41) is 14.8. The second-order valence-electron chi connectivity index (χ2n) is 5.90. The Morgan fingerprint density at radius 1 is 1.13 bits per heavy atom. The molecule has 3 N–H and O–H groups in total. The Morgan fingerprint density at radius 3 is 2.61 bits per heavy atom. The fourth-order valence-electron chi connectivity index (χ4n) is 3.07. The topological polar surface area (TPSA) is 95.5 Å². The molecule has 1 aliphatic heterocycles. The Morgan fingerprint density at radius 2 is 1.87 bits per heavy atom. The summed E-state index contributed by atoms with van der Waals surface area (Å²) in [5.74, 6) is -2.47. The minimum atomic E-state index is -0.942. The average Bonchev–Trinajstić information content (AvgIpc) is 2.55. The first-order chi connectivity index (χ1) is 11.0. The summed E-state index contributed by atoms with van der Waals surface area (Å²) in [5.41, 5.74) is 2.37. The van der Waals surface area contributed by atoms with E-state index in [0.29, 0.717) is 31.4 Å². The summed E-state index contributed by atoms with van der Waals surface area (Å²) < 4.78 is 0. The molecule has 120 valence electrons. The van der Waals surface area contributed by atoms with E-state index in [1.165, 1.54) is 0 Å². The third-order valence-corrected chi connectivity index (χ3v) is 4.35. The Hall–Kier alpha value is -2.63. The van der Waals surface area contributed by atoms with Gasteiger partial charge in [0, 0.05) is 17.8 Å². The number of hydrogen-bond acceptors (Lipinski definition) is 3. The third kappa shape index (κ3) is 3.26. The van der Waals surface area contributed by atoms with Gasteiger partial charge in [-0.1, -0.05) is 12.2 Å². The third-order valence-electron chi connectivity index (χ3n) is 4.35. The second kappa shape index (κ2) is 6.24. The van der Waals surface area contributed by atoms with Crippen molar-refractivity contribution in [1.29, 1.82) is 0 Å². The molecule has 0 saturated carbocycles. The van der Waals surface area contributed by atoms with E-state index in [4.69, 9.17) is 0 Å². The lowest BCUT2D eigenvalue weighted by Crippen LogP contribution is -2.34. The number of fused-ring (bicyclic) bond motifs is 1. The first-order valence-electron chi connectivity index (χ1n) is 7.66. The monoisotopic (exact) mass is 314 g/mol. The fraction of sp³-hybridized carbons (Fsp3) is 0.353. The normalized spacial score (nSPS) is 22.9. The highest BCUT2D eigenvalue weighted by Gasteiger charge is 2.34. The van der Waals surface area contributed by atoms with Gasteiger partial charge in [-0.2, -0.15) is 0 Å². The zero-order chi connectivity index (χ0) is 16.4. The Balaban J connectivity index is 1.74. The molecule has 1 aromatic carbocycles. The number of allylic oxidation sites excluding steroid dienone is 2. The lowest BCUT2D eigenvalue weighted by Gasteiger charge is -2.24. The van der Waals surface area contributed by atoms with E-state index in [2.05, 4.69) is 10.6 Å². The van der Waals surface area contributed by atoms with Gasteiger partial charge in [0.05, 0.1) is 11.8 Å². The number of carbonyl (C=O) groups is 3. The van der Waals surface area contributed by atoms with E-state index < -0.39 is 17.8 Å². The first-order valence-corrected chi connectivity index (χ1v) is 7.66. The van der Waals surface area contributed by atoms with Crippen molar-refractivity contribution in [2.24, 2.45) is 11.8 Å². The van der Waals surface area contributed by atoms with Crippen LogP contribution in [0.1, 0.15) is 24.8 Å². The smallest absolute Gasteiger partial charge is 0.307 e. The van der Waals surface area contributed by atoms with Crippen molar-refractivity contribution < 1.29 is 19.5 Å². The molecule has 2 amide bonds. The van der Waals surface area contributed by atoms with Gasteiger partial charge >= 0.3 is 5.97 Å². The van der Waals surface area contributed by atoms with Crippen LogP contribution in [0.3, 0.4) is 0 Å². The zero-order valence-corrected chi connectivity index (χ0v) is 12.5. The number of carboxylic acids is 1. The van der Waals surface area contributed by atoms with Crippen LogP contribution >= 0.6 is 0 Å². The number of amides is 2. The van der Waals surface area contributed by atoms with Gasteiger partial charge in [0.2, 0.25) is 11.8 Å². The molecule has 3 rings (SSSR count). The molecule has 0 aromatic heterocycles. The van der Waals surface area contributed by atoms with E-state index in [-0.39, 0.29) is 11.8 Å². The molecule has 0 radical (unpaired) electrons. The molecular weight excluding hydrogens is 296 g/mol. The van der Waals surface area contributed by atoms with E-state index in [0.717, 1.165) is 11.3 Å². The lowest BCUT2D eigenvalue weighted by atomic mass is 9.82.